The summed E-state index contributed by atoms with van der Waals surface area (Å²) in [5.41, 5.74) is 1.38. The normalized spacial score (nSPS) is 14.6. The van der Waals surface area contributed by atoms with E-state index in [2.05, 4.69) is 0 Å². The van der Waals surface area contributed by atoms with Crippen LogP contribution < -0.4 is 5.56 Å². The van der Waals surface area contributed by atoms with Crippen LogP contribution in [-0.4, -0.2) is 46.0 Å². The van der Waals surface area contributed by atoms with E-state index < -0.39 is 11.8 Å². The minimum atomic E-state index is -0.517. The fourth-order valence-electron chi connectivity index (χ4n) is 4.07. The van der Waals surface area contributed by atoms with E-state index in [-0.39, 0.29) is 41.3 Å². The Hall–Kier alpha value is -4.35. The van der Waals surface area contributed by atoms with Crippen LogP contribution in [0.25, 0.3) is 16.6 Å². The molecular formula is C27H24N4O4. The number of para-hydroxylation sites is 1. The van der Waals surface area contributed by atoms with Crippen molar-refractivity contribution in [3.05, 3.63) is 93.6 Å². The molecule has 0 saturated heterocycles. The van der Waals surface area contributed by atoms with Gasteiger partial charge in [0, 0.05) is 25.8 Å². The van der Waals surface area contributed by atoms with E-state index in [1.54, 1.807) is 55.7 Å². The number of ether oxygens (including phenoxy) is 1. The summed E-state index contributed by atoms with van der Waals surface area (Å²) in [6.07, 6.45) is 5.40. The summed E-state index contributed by atoms with van der Waals surface area (Å²) >= 11 is 0. The molecule has 2 amide bonds. The number of hydrogen-bond donors (Lipinski definition) is 0. The lowest BCUT2D eigenvalue weighted by atomic mass is 10.0. The number of aromatic nitrogens is 2. The second-order valence-corrected chi connectivity index (χ2v) is 8.05. The number of nitrogens with zero attached hydrogens (tertiary/aromatic N) is 4. The Kier molecular flexibility index (Phi) is 6.71. The zero-order valence-corrected chi connectivity index (χ0v) is 19.7. The largest absolute Gasteiger partial charge is 0.378 e. The molecule has 1 aliphatic rings. The average Bonchev–Trinajstić information content (AvgIpc) is 3.13. The van der Waals surface area contributed by atoms with Crippen molar-refractivity contribution in [3.63, 3.8) is 0 Å². The Morgan fingerprint density at radius 1 is 1.14 bits per heavy atom. The molecule has 1 aliphatic heterocycles. The highest BCUT2D eigenvalue weighted by Gasteiger charge is 2.37. The number of hydrogen-bond acceptors (Lipinski definition) is 6. The number of benzene rings is 2. The molecule has 0 saturated carbocycles. The molecule has 1 atom stereocenters. The standard InChI is InChI=1S/C27H24N4O4/c1-4-19(13-12-17(2)35-3)31-23(29-22-11-6-5-9-20(22)26(31)33)14-15-30-25(32)21-10-7-8-18(16-28)24(21)27(30)34/h4-13,17H,14-15H2,1-3H3. The van der Waals surface area contributed by atoms with E-state index in [1.807, 2.05) is 26.0 Å². The van der Waals surface area contributed by atoms with Crippen molar-refractivity contribution in [2.24, 2.45) is 0 Å². The zero-order valence-electron chi connectivity index (χ0n) is 19.7. The summed E-state index contributed by atoms with van der Waals surface area (Å²) < 4.78 is 6.78. The first kappa shape index (κ1) is 23.8. The Bertz CT molecular complexity index is 1490. The second-order valence-electron chi connectivity index (χ2n) is 8.05. The number of rotatable bonds is 7. The van der Waals surface area contributed by atoms with Crippen molar-refractivity contribution in [1.29, 1.82) is 5.26 Å². The van der Waals surface area contributed by atoms with Crippen molar-refractivity contribution < 1.29 is 14.3 Å². The van der Waals surface area contributed by atoms with E-state index >= 15 is 0 Å². The molecular weight excluding hydrogens is 444 g/mol. The average molecular weight is 469 g/mol. The fraction of sp³-hybridized carbons (Fsp3) is 0.222. The van der Waals surface area contributed by atoms with Gasteiger partial charge in [0.05, 0.1) is 39.8 Å². The summed E-state index contributed by atoms with van der Waals surface area (Å²) in [6.45, 7) is 3.71. The number of imide groups is 1. The van der Waals surface area contributed by atoms with E-state index in [4.69, 9.17) is 9.72 Å². The van der Waals surface area contributed by atoms with Gasteiger partial charge >= 0.3 is 0 Å². The first-order chi connectivity index (χ1) is 16.9. The number of amides is 2. The summed E-state index contributed by atoms with van der Waals surface area (Å²) in [6, 6.07) is 13.7. The molecule has 35 heavy (non-hydrogen) atoms. The van der Waals surface area contributed by atoms with Gasteiger partial charge in [0.1, 0.15) is 5.82 Å². The minimum Gasteiger partial charge on any atom is -0.378 e. The SMILES string of the molecule is CC=C(C=CC(C)OC)n1c(CCN2C(=O)c3cccc(C#N)c3C2=O)nc2ccccc2c1=O. The first-order valence-electron chi connectivity index (χ1n) is 11.2. The minimum absolute atomic E-state index is 0.0111. The molecule has 8 nitrogen and oxygen atoms in total. The van der Waals surface area contributed by atoms with E-state index in [9.17, 15) is 19.6 Å². The molecule has 0 N–H and O–H groups in total. The maximum atomic E-state index is 13.5. The second kappa shape index (κ2) is 9.87. The molecule has 2 aromatic carbocycles. The van der Waals surface area contributed by atoms with Crippen LogP contribution in [0.3, 0.4) is 0 Å². The molecule has 0 fully saturated rings. The van der Waals surface area contributed by atoms with Crippen LogP contribution in [0.1, 0.15) is 46.0 Å². The first-order valence-corrected chi connectivity index (χ1v) is 11.2. The van der Waals surface area contributed by atoms with Gasteiger partial charge in [-0.15, -0.1) is 0 Å². The summed E-state index contributed by atoms with van der Waals surface area (Å²) in [7, 11) is 1.60. The van der Waals surface area contributed by atoms with E-state index in [0.717, 1.165) is 4.90 Å². The Labute approximate surface area is 202 Å². The molecule has 0 spiro atoms. The van der Waals surface area contributed by atoms with Crippen LogP contribution in [-0.2, 0) is 11.2 Å². The van der Waals surface area contributed by atoms with E-state index in [0.29, 0.717) is 22.4 Å². The van der Waals surface area contributed by atoms with Crippen LogP contribution in [0.2, 0.25) is 0 Å². The van der Waals surface area contributed by atoms with Crippen LogP contribution >= 0.6 is 0 Å². The predicted octanol–water partition coefficient (Wildman–Crippen LogP) is 3.56. The quantitative estimate of drug-likeness (QED) is 0.388. The van der Waals surface area contributed by atoms with Crippen LogP contribution in [0.4, 0.5) is 0 Å². The Morgan fingerprint density at radius 3 is 2.63 bits per heavy atom. The van der Waals surface area contributed by atoms with Crippen molar-refractivity contribution in [2.45, 2.75) is 26.4 Å². The summed E-state index contributed by atoms with van der Waals surface area (Å²) in [5.74, 6) is -0.567. The molecule has 2 heterocycles. The van der Waals surface area contributed by atoms with Gasteiger partial charge in [-0.2, -0.15) is 5.26 Å². The monoisotopic (exact) mass is 468 g/mol. The number of nitriles is 1. The lowest BCUT2D eigenvalue weighted by Crippen LogP contribution is -2.34. The molecule has 1 aromatic heterocycles. The third-order valence-electron chi connectivity index (χ3n) is 5.99. The van der Waals surface area contributed by atoms with Crippen LogP contribution in [0.15, 0.2) is 65.5 Å². The van der Waals surface area contributed by atoms with Gasteiger partial charge in [0.2, 0.25) is 0 Å². The van der Waals surface area contributed by atoms with Gasteiger partial charge in [-0.3, -0.25) is 23.9 Å². The molecule has 0 aliphatic carbocycles. The third-order valence-corrected chi connectivity index (χ3v) is 5.99. The molecule has 0 bridgehead atoms. The summed E-state index contributed by atoms with van der Waals surface area (Å²) in [5, 5.41) is 9.82. The Morgan fingerprint density at radius 2 is 1.91 bits per heavy atom. The highest BCUT2D eigenvalue weighted by Crippen LogP contribution is 2.26. The van der Waals surface area contributed by atoms with Gasteiger partial charge in [-0.05, 0) is 44.2 Å². The number of carbonyl (C=O) groups is 2. The number of carbonyl (C=O) groups excluding carboxylic acids is 2. The molecule has 3 aromatic rings. The molecule has 4 rings (SSSR count). The highest BCUT2D eigenvalue weighted by atomic mass is 16.5. The number of allylic oxidation sites excluding steroid dienone is 3. The van der Waals surface area contributed by atoms with Crippen LogP contribution in [0, 0.1) is 11.3 Å². The predicted molar refractivity (Wildman–Crippen MR) is 132 cm³/mol. The van der Waals surface area contributed by atoms with E-state index in [1.165, 1.54) is 10.6 Å². The molecule has 0 radical (unpaired) electrons. The molecule has 176 valence electrons. The van der Waals surface area contributed by atoms with Crippen molar-refractivity contribution in [1.82, 2.24) is 14.5 Å². The number of methoxy groups -OCH3 is 1. The number of fused-ring (bicyclic) bond motifs is 2. The van der Waals surface area contributed by atoms with Gasteiger partial charge in [-0.25, -0.2) is 4.98 Å². The maximum absolute atomic E-state index is 13.5. The van der Waals surface area contributed by atoms with Gasteiger partial charge < -0.3 is 4.74 Å². The van der Waals surface area contributed by atoms with Crippen LogP contribution in [0.5, 0.6) is 0 Å². The smallest absolute Gasteiger partial charge is 0.265 e. The third kappa shape index (κ3) is 4.29. The van der Waals surface area contributed by atoms with Gasteiger partial charge in [-0.1, -0.05) is 30.4 Å². The lowest BCUT2D eigenvalue weighted by molar-refractivity contribution is 0.0655. The van der Waals surface area contributed by atoms with Crippen molar-refractivity contribution in [2.75, 3.05) is 13.7 Å². The zero-order chi connectivity index (χ0) is 25.1. The summed E-state index contributed by atoms with van der Waals surface area (Å²) in [4.78, 5) is 45.2. The highest BCUT2D eigenvalue weighted by molar-refractivity contribution is 6.22. The fourth-order valence-corrected chi connectivity index (χ4v) is 4.07. The molecule has 1 unspecified atom stereocenters. The molecule has 8 heteroatoms. The lowest BCUT2D eigenvalue weighted by Gasteiger charge is -2.18. The Balaban J connectivity index is 1.74. The van der Waals surface area contributed by atoms with Crippen molar-refractivity contribution >= 4 is 28.4 Å². The maximum Gasteiger partial charge on any atom is 0.265 e. The van der Waals surface area contributed by atoms with Crippen molar-refractivity contribution in [3.8, 4) is 6.07 Å². The van der Waals surface area contributed by atoms with Gasteiger partial charge in [0.15, 0.2) is 0 Å². The van der Waals surface area contributed by atoms with Gasteiger partial charge in [0.25, 0.3) is 17.4 Å². The topological polar surface area (TPSA) is 105 Å².